The fourth-order valence-corrected chi connectivity index (χ4v) is 14.3. The summed E-state index contributed by atoms with van der Waals surface area (Å²) in [6.45, 7) is 4.61. The van der Waals surface area contributed by atoms with Crippen LogP contribution in [0.4, 0.5) is 0 Å². The van der Waals surface area contributed by atoms with Crippen molar-refractivity contribution in [3.63, 3.8) is 0 Å². The molecule has 2 aliphatic rings. The van der Waals surface area contributed by atoms with Crippen molar-refractivity contribution in [1.82, 2.24) is 0 Å². The molecule has 256 valence electrons. The minimum absolute atomic E-state index is 0. The molecule has 6 rings (SSSR count). The Morgan fingerprint density at radius 1 is 0.553 bits per heavy atom. The molecule has 0 N–H and O–H groups in total. The van der Waals surface area contributed by atoms with Gasteiger partial charge in [-0.3, -0.25) is 0 Å². The summed E-state index contributed by atoms with van der Waals surface area (Å²) in [6.07, 6.45) is 29.0. The minimum atomic E-state index is 0. The second-order valence-corrected chi connectivity index (χ2v) is 19.1. The van der Waals surface area contributed by atoms with Crippen molar-refractivity contribution >= 4 is 48.0 Å². The largest absolute Gasteiger partial charge is 4.00 e. The molecular weight excluding hydrogens is 816 g/mol. The van der Waals surface area contributed by atoms with E-state index in [4.69, 9.17) is 0 Å². The first-order valence-corrected chi connectivity index (χ1v) is 21.8. The predicted molar refractivity (Wildman–Crippen MR) is 204 cm³/mol. The molecule has 0 atom stereocenters. The third kappa shape index (κ3) is 13.2. The van der Waals surface area contributed by atoms with Gasteiger partial charge in [0.25, 0.3) is 0 Å². The zero-order chi connectivity index (χ0) is 30.4. The van der Waals surface area contributed by atoms with Crippen LogP contribution in [0.15, 0.2) is 72.8 Å². The number of hydrogen-bond acceptors (Lipinski definition) is 0. The van der Waals surface area contributed by atoms with Crippen LogP contribution in [-0.4, -0.2) is 23.6 Å². The van der Waals surface area contributed by atoms with Gasteiger partial charge in [-0.2, -0.15) is 12.1 Å². The molecule has 4 aromatic rings. The van der Waals surface area contributed by atoms with Crippen LogP contribution in [0.2, 0.25) is 0 Å². The van der Waals surface area contributed by atoms with Crippen molar-refractivity contribution in [1.29, 1.82) is 0 Å². The number of unbranched alkanes of at least 4 members (excludes halogenated alkanes) is 6. The fraction of sp³-hybridized carbons (Fsp3) is 0.571. The number of rotatable bonds is 14. The van der Waals surface area contributed by atoms with Crippen molar-refractivity contribution in [2.24, 2.45) is 0 Å². The van der Waals surface area contributed by atoms with Gasteiger partial charge in [0, 0.05) is 0 Å². The van der Waals surface area contributed by atoms with Gasteiger partial charge in [-0.15, -0.1) is 80.7 Å². The molecule has 2 fully saturated rings. The molecule has 0 heterocycles. The summed E-state index contributed by atoms with van der Waals surface area (Å²) >= 11 is 0. The van der Waals surface area contributed by atoms with Gasteiger partial charge < -0.3 is 24.8 Å². The van der Waals surface area contributed by atoms with Crippen LogP contribution in [0.5, 0.6) is 0 Å². The molecule has 4 aromatic carbocycles. The zero-order valence-electron chi connectivity index (χ0n) is 29.4. The van der Waals surface area contributed by atoms with Crippen LogP contribution in [0.3, 0.4) is 0 Å². The number of fused-ring (bicyclic) bond motifs is 2. The molecule has 0 aliphatic heterocycles. The molecule has 0 bridgehead atoms. The van der Waals surface area contributed by atoms with Gasteiger partial charge >= 0.3 is 25.8 Å². The average Bonchev–Trinajstić information content (AvgIpc) is 3.70. The van der Waals surface area contributed by atoms with Crippen LogP contribution in [-0.2, 0) is 25.8 Å². The van der Waals surface area contributed by atoms with Crippen LogP contribution in [0, 0.1) is 0 Å². The maximum atomic E-state index is 2.55. The Hall–Kier alpha value is -0.0299. The van der Waals surface area contributed by atoms with E-state index in [0.29, 0.717) is 0 Å². The third-order valence-corrected chi connectivity index (χ3v) is 16.5. The summed E-state index contributed by atoms with van der Waals surface area (Å²) < 4.78 is 0. The molecule has 5 heteroatoms. The molecule has 0 aromatic heterocycles. The number of halogens is 2. The van der Waals surface area contributed by atoms with Gasteiger partial charge in [-0.1, -0.05) is 119 Å². The van der Waals surface area contributed by atoms with E-state index in [9.17, 15) is 0 Å². The van der Waals surface area contributed by atoms with E-state index >= 15 is 0 Å². The Balaban J connectivity index is 0.000000307. The van der Waals surface area contributed by atoms with Gasteiger partial charge in [0.2, 0.25) is 0 Å². The molecule has 2 saturated carbocycles. The SMILES string of the molecule is CCCCCCP(CCCCCC)c1cc2ccccc2[cH-]1.[Cl-].[Cl-].[Hf+4].c1ccc2[cH-]c(P(C3CCCCC3)C3CCCCC3)cc2c1. The van der Waals surface area contributed by atoms with Gasteiger partial charge in [0.15, 0.2) is 0 Å². The second-order valence-electron chi connectivity index (χ2n) is 13.8. The summed E-state index contributed by atoms with van der Waals surface area (Å²) in [5, 5.41) is 9.20. The van der Waals surface area contributed by atoms with Gasteiger partial charge in [0.05, 0.1) is 0 Å². The van der Waals surface area contributed by atoms with E-state index in [-0.39, 0.29) is 66.5 Å². The summed E-state index contributed by atoms with van der Waals surface area (Å²) in [5.41, 5.74) is 2.03. The first-order valence-electron chi connectivity index (χ1n) is 18.6. The molecule has 0 amide bonds. The van der Waals surface area contributed by atoms with E-state index in [1.165, 1.54) is 149 Å². The molecular formula is C42H60Cl2HfP2. The van der Waals surface area contributed by atoms with Gasteiger partial charge in [0.1, 0.15) is 0 Å². The normalized spacial score (nSPS) is 15.6. The molecule has 2 aliphatic carbocycles. The van der Waals surface area contributed by atoms with Crippen molar-refractivity contribution in [2.45, 2.75) is 141 Å². The molecule has 0 saturated heterocycles. The van der Waals surface area contributed by atoms with Crippen molar-refractivity contribution in [3.05, 3.63) is 72.8 Å². The van der Waals surface area contributed by atoms with Gasteiger partial charge in [-0.05, 0) is 62.2 Å². The second kappa shape index (κ2) is 24.2. The molecule has 0 radical (unpaired) electrons. The summed E-state index contributed by atoms with van der Waals surface area (Å²) in [7, 11) is 0.125. The first-order chi connectivity index (χ1) is 21.8. The van der Waals surface area contributed by atoms with Crippen LogP contribution >= 0.6 is 15.8 Å². The molecule has 47 heavy (non-hydrogen) atoms. The van der Waals surface area contributed by atoms with Gasteiger partial charge in [-0.25, -0.2) is 0 Å². The Kier molecular flexibility index (Phi) is 22.2. The van der Waals surface area contributed by atoms with Crippen LogP contribution in [0.25, 0.3) is 21.5 Å². The van der Waals surface area contributed by atoms with Crippen molar-refractivity contribution in [2.75, 3.05) is 12.3 Å². The van der Waals surface area contributed by atoms with Crippen LogP contribution < -0.4 is 35.4 Å². The Labute approximate surface area is 322 Å². The quantitative estimate of drug-likeness (QED) is 0.0547. The molecule has 0 spiro atoms. The topological polar surface area (TPSA) is 0 Å². The summed E-state index contributed by atoms with van der Waals surface area (Å²) in [6, 6.07) is 27.9. The first kappa shape index (κ1) is 43.1. The monoisotopic (exact) mass is 876 g/mol. The third-order valence-electron chi connectivity index (χ3n) is 10.4. The maximum Gasteiger partial charge on any atom is 4.00 e. The average molecular weight is 876 g/mol. The number of benzene rings is 2. The van der Waals surface area contributed by atoms with E-state index < -0.39 is 0 Å². The molecule has 0 unspecified atom stereocenters. The predicted octanol–water partition coefficient (Wildman–Crippen LogP) is 7.16. The maximum absolute atomic E-state index is 2.55. The van der Waals surface area contributed by atoms with E-state index in [0.717, 1.165) is 11.3 Å². The Morgan fingerprint density at radius 2 is 0.979 bits per heavy atom. The summed E-state index contributed by atoms with van der Waals surface area (Å²) in [5.74, 6) is 0. The summed E-state index contributed by atoms with van der Waals surface area (Å²) in [4.78, 5) is 0. The zero-order valence-corrected chi connectivity index (χ0v) is 36.3. The Morgan fingerprint density at radius 3 is 1.43 bits per heavy atom. The van der Waals surface area contributed by atoms with Crippen molar-refractivity contribution in [3.8, 4) is 0 Å². The minimum Gasteiger partial charge on any atom is -1.00 e. The smallest absolute Gasteiger partial charge is 1.00 e. The number of hydrogen-bond donors (Lipinski definition) is 0. The standard InChI is InChI=1S/C21H28P.C21H32P.2ClH.Hf/c1-3-11-19(12-4-1)22(20-13-5-2-6-14-20)21-15-17-9-7-8-10-18(17)16-21;1-3-5-7-11-15-22(16-12-8-6-4-2)21-17-19-13-9-10-14-20(19)18-21;;;/h7-10,15-16,19-20H,1-6,11-14H2;9-10,13-14,17-18H,3-8,11-12,15-16H2,1-2H3;2*1H;/q2*-1;;;+4/p-2. The Bertz CT molecular complexity index is 1250. The fourth-order valence-electron chi connectivity index (χ4n) is 7.87. The van der Waals surface area contributed by atoms with E-state index in [1.807, 2.05) is 0 Å². The van der Waals surface area contributed by atoms with Crippen molar-refractivity contribution < 1.29 is 50.7 Å². The van der Waals surface area contributed by atoms with E-state index in [2.05, 4.69) is 86.6 Å². The molecule has 0 nitrogen and oxygen atoms in total. The van der Waals surface area contributed by atoms with Crippen LogP contribution in [0.1, 0.15) is 129 Å². The van der Waals surface area contributed by atoms with E-state index in [1.54, 1.807) is 10.6 Å².